The van der Waals surface area contributed by atoms with Crippen LogP contribution >= 0.6 is 11.8 Å². The zero-order valence-electron chi connectivity index (χ0n) is 16.7. The summed E-state index contributed by atoms with van der Waals surface area (Å²) in [6.07, 6.45) is 0. The highest BCUT2D eigenvalue weighted by Crippen LogP contribution is 2.30. The molecule has 0 spiro atoms. The van der Waals surface area contributed by atoms with Crippen LogP contribution in [-0.4, -0.2) is 35.9 Å². The van der Waals surface area contributed by atoms with Crippen LogP contribution in [0.2, 0.25) is 0 Å². The molecular weight excluding hydrogens is 392 g/mol. The number of hydrogen-bond acceptors (Lipinski definition) is 7. The van der Waals surface area contributed by atoms with E-state index in [2.05, 4.69) is 9.97 Å². The van der Waals surface area contributed by atoms with Crippen molar-refractivity contribution in [3.05, 3.63) is 50.7 Å². The molecule has 8 nitrogen and oxygen atoms in total. The first-order chi connectivity index (χ1) is 13.6. The van der Waals surface area contributed by atoms with Crippen LogP contribution in [-0.2, 0) is 23.7 Å². The summed E-state index contributed by atoms with van der Waals surface area (Å²) in [7, 11) is 2.87. The van der Waals surface area contributed by atoms with Crippen LogP contribution in [0.3, 0.4) is 0 Å². The number of fused-ring (bicyclic) bond motifs is 1. The molecule has 2 heterocycles. The summed E-state index contributed by atoms with van der Waals surface area (Å²) in [4.78, 5) is 58.2. The summed E-state index contributed by atoms with van der Waals surface area (Å²) in [5, 5.41) is -0.706. The second kappa shape index (κ2) is 7.75. The van der Waals surface area contributed by atoms with Crippen LogP contribution in [0.1, 0.15) is 19.4 Å². The van der Waals surface area contributed by atoms with E-state index in [0.717, 1.165) is 21.9 Å². The van der Waals surface area contributed by atoms with Crippen molar-refractivity contribution >= 4 is 34.4 Å². The largest absolute Gasteiger partial charge is 0.332 e. The molecule has 0 fully saturated rings. The summed E-state index contributed by atoms with van der Waals surface area (Å²) >= 11 is 0.906. The topological polar surface area (TPSA) is 104 Å². The molecule has 2 aromatic heterocycles. The Bertz CT molecular complexity index is 1260. The van der Waals surface area contributed by atoms with E-state index >= 15 is 0 Å². The number of Topliss-reactive ketones (excluding diaryl/α,β-unsaturated/α-hetero) is 2. The van der Waals surface area contributed by atoms with Crippen LogP contribution in [0.5, 0.6) is 0 Å². The highest BCUT2D eigenvalue weighted by Gasteiger charge is 2.26. The number of ketones is 2. The van der Waals surface area contributed by atoms with Gasteiger partial charge in [0.05, 0.1) is 0 Å². The van der Waals surface area contributed by atoms with Crippen molar-refractivity contribution in [3.8, 4) is 11.4 Å². The van der Waals surface area contributed by atoms with Gasteiger partial charge in [-0.1, -0.05) is 35.5 Å². The third-order valence-electron chi connectivity index (χ3n) is 4.51. The molecule has 150 valence electrons. The molecule has 1 aromatic carbocycles. The number of carbonyl (C=O) groups is 2. The van der Waals surface area contributed by atoms with Gasteiger partial charge in [-0.25, -0.2) is 14.8 Å². The predicted octanol–water partition coefficient (Wildman–Crippen LogP) is 1.64. The first kappa shape index (κ1) is 20.7. The van der Waals surface area contributed by atoms with Crippen molar-refractivity contribution in [1.29, 1.82) is 0 Å². The van der Waals surface area contributed by atoms with Gasteiger partial charge in [-0.15, -0.1) is 0 Å². The Balaban J connectivity index is 2.40. The fourth-order valence-electron chi connectivity index (χ4n) is 2.99. The Labute approximate surface area is 170 Å². The molecule has 3 aromatic rings. The predicted molar refractivity (Wildman–Crippen MR) is 111 cm³/mol. The van der Waals surface area contributed by atoms with Crippen LogP contribution in [0.15, 0.2) is 38.9 Å². The quantitative estimate of drug-likeness (QED) is 0.356. The molecule has 0 unspecified atom stereocenters. The van der Waals surface area contributed by atoms with Crippen LogP contribution < -0.4 is 11.2 Å². The summed E-state index contributed by atoms with van der Waals surface area (Å²) in [6.45, 7) is 4.56. The number of aryl methyl sites for hydroxylation is 2. The lowest BCUT2D eigenvalue weighted by Crippen LogP contribution is -2.38. The lowest BCUT2D eigenvalue weighted by molar-refractivity contribution is -0.123. The molecular formula is C20H20N4O4S. The van der Waals surface area contributed by atoms with E-state index in [1.54, 1.807) is 0 Å². The van der Waals surface area contributed by atoms with Gasteiger partial charge in [0, 0.05) is 19.7 Å². The van der Waals surface area contributed by atoms with E-state index in [0.29, 0.717) is 11.4 Å². The van der Waals surface area contributed by atoms with E-state index in [-0.39, 0.29) is 27.6 Å². The fourth-order valence-corrected chi connectivity index (χ4v) is 3.98. The number of aromatic nitrogens is 4. The van der Waals surface area contributed by atoms with Crippen molar-refractivity contribution in [3.63, 3.8) is 0 Å². The Morgan fingerprint density at radius 1 is 1.03 bits per heavy atom. The SMILES string of the molecule is CC(=O)C(Sc1nc(-c2cccc(C)c2)nc2c1c(=O)n(C)c(=O)n2C)C(C)=O. The number of hydrogen-bond donors (Lipinski definition) is 0. The molecule has 0 saturated carbocycles. The molecule has 0 aliphatic carbocycles. The van der Waals surface area contributed by atoms with Crippen LogP contribution in [0, 0.1) is 6.92 Å². The first-order valence-corrected chi connectivity index (χ1v) is 9.72. The summed E-state index contributed by atoms with van der Waals surface area (Å²) in [5.41, 5.74) is 0.736. The lowest BCUT2D eigenvalue weighted by atomic mass is 10.1. The minimum absolute atomic E-state index is 0.100. The van der Waals surface area contributed by atoms with Gasteiger partial charge in [-0.3, -0.25) is 23.5 Å². The van der Waals surface area contributed by atoms with Crippen LogP contribution in [0.4, 0.5) is 0 Å². The first-order valence-electron chi connectivity index (χ1n) is 8.84. The molecule has 0 aliphatic rings. The molecule has 0 atom stereocenters. The Kier molecular flexibility index (Phi) is 5.52. The smallest absolute Gasteiger partial charge is 0.298 e. The third kappa shape index (κ3) is 3.77. The monoisotopic (exact) mass is 412 g/mol. The minimum atomic E-state index is -1.000. The number of benzene rings is 1. The van der Waals surface area contributed by atoms with E-state index in [1.807, 2.05) is 31.2 Å². The molecule has 0 aliphatic heterocycles. The molecule has 0 radical (unpaired) electrons. The van der Waals surface area contributed by atoms with Crippen molar-refractivity contribution in [2.75, 3.05) is 0 Å². The van der Waals surface area contributed by atoms with Gasteiger partial charge in [0.25, 0.3) is 5.56 Å². The maximum Gasteiger partial charge on any atom is 0.332 e. The molecule has 9 heteroatoms. The number of thioether (sulfide) groups is 1. The van der Waals surface area contributed by atoms with Crippen molar-refractivity contribution in [2.45, 2.75) is 31.0 Å². The van der Waals surface area contributed by atoms with Gasteiger partial charge in [-0.05, 0) is 26.8 Å². The lowest BCUT2D eigenvalue weighted by Gasteiger charge is -2.14. The summed E-state index contributed by atoms with van der Waals surface area (Å²) in [6, 6.07) is 7.46. The average molecular weight is 412 g/mol. The van der Waals surface area contributed by atoms with Crippen molar-refractivity contribution < 1.29 is 9.59 Å². The molecule has 29 heavy (non-hydrogen) atoms. The van der Waals surface area contributed by atoms with Gasteiger partial charge in [0.1, 0.15) is 15.7 Å². The normalized spacial score (nSPS) is 11.2. The zero-order valence-corrected chi connectivity index (χ0v) is 17.5. The van der Waals surface area contributed by atoms with E-state index in [4.69, 9.17) is 0 Å². The number of rotatable bonds is 5. The second-order valence-electron chi connectivity index (χ2n) is 6.85. The van der Waals surface area contributed by atoms with E-state index in [9.17, 15) is 19.2 Å². The summed E-state index contributed by atoms with van der Waals surface area (Å²) < 4.78 is 2.22. The zero-order chi connectivity index (χ0) is 21.5. The maximum absolute atomic E-state index is 12.8. The minimum Gasteiger partial charge on any atom is -0.298 e. The van der Waals surface area contributed by atoms with Crippen molar-refractivity contribution in [1.82, 2.24) is 19.1 Å². The highest BCUT2D eigenvalue weighted by molar-refractivity contribution is 8.01. The molecule has 0 saturated heterocycles. The second-order valence-corrected chi connectivity index (χ2v) is 7.94. The molecule has 3 rings (SSSR count). The highest BCUT2D eigenvalue weighted by atomic mass is 32.2. The maximum atomic E-state index is 12.8. The van der Waals surface area contributed by atoms with E-state index in [1.165, 1.54) is 32.5 Å². The summed E-state index contributed by atoms with van der Waals surface area (Å²) in [5.74, 6) is -0.376. The van der Waals surface area contributed by atoms with Gasteiger partial charge < -0.3 is 0 Å². The molecule has 0 bridgehead atoms. The van der Waals surface area contributed by atoms with Gasteiger partial charge in [0.2, 0.25) is 0 Å². The van der Waals surface area contributed by atoms with Gasteiger partial charge in [-0.2, -0.15) is 0 Å². The van der Waals surface area contributed by atoms with Crippen LogP contribution in [0.25, 0.3) is 22.4 Å². The van der Waals surface area contributed by atoms with Gasteiger partial charge in [0.15, 0.2) is 23.0 Å². The molecule has 0 amide bonds. The molecule has 0 N–H and O–H groups in total. The Morgan fingerprint density at radius 3 is 2.28 bits per heavy atom. The Morgan fingerprint density at radius 2 is 1.69 bits per heavy atom. The van der Waals surface area contributed by atoms with Crippen molar-refractivity contribution in [2.24, 2.45) is 14.1 Å². The van der Waals surface area contributed by atoms with Gasteiger partial charge >= 0.3 is 5.69 Å². The standard InChI is InChI=1S/C20H20N4O4S/c1-10-7-6-8-13(9-10)16-21-17-14(19(27)24(5)20(28)23(17)4)18(22-16)29-15(11(2)25)12(3)26/h6-9,15H,1-5H3. The third-order valence-corrected chi connectivity index (χ3v) is 5.93. The fraction of sp³-hybridized carbons (Fsp3) is 0.300. The van der Waals surface area contributed by atoms with E-state index < -0.39 is 16.5 Å². The number of carbonyl (C=O) groups excluding carboxylic acids is 2. The number of nitrogens with zero attached hydrogens (tertiary/aromatic N) is 4. The average Bonchev–Trinajstić information content (AvgIpc) is 2.67. The Hall–Kier alpha value is -3.07.